The van der Waals surface area contributed by atoms with Crippen molar-refractivity contribution in [2.24, 2.45) is 5.73 Å². The highest BCUT2D eigenvalue weighted by Gasteiger charge is 2.14. The first-order chi connectivity index (χ1) is 7.68. The maximum absolute atomic E-state index is 13.6. The third-order valence-corrected chi connectivity index (χ3v) is 2.41. The van der Waals surface area contributed by atoms with Gasteiger partial charge in [-0.05, 0) is 19.1 Å². The van der Waals surface area contributed by atoms with E-state index in [1.165, 1.54) is 12.4 Å². The third kappa shape index (κ3) is 2.06. The number of aryl methyl sites for hydroxylation is 1. The molecule has 1 aromatic heterocycles. The van der Waals surface area contributed by atoms with Crippen molar-refractivity contribution in [3.05, 3.63) is 59.4 Å². The smallest absolute Gasteiger partial charge is 0.128 e. The maximum atomic E-state index is 13.6. The van der Waals surface area contributed by atoms with Gasteiger partial charge in [-0.2, -0.15) is 0 Å². The molecule has 0 saturated heterocycles. The second-order valence-corrected chi connectivity index (χ2v) is 3.64. The van der Waals surface area contributed by atoms with E-state index in [4.69, 9.17) is 5.73 Å². The Labute approximate surface area is 93.2 Å². The zero-order valence-electron chi connectivity index (χ0n) is 8.89. The van der Waals surface area contributed by atoms with Crippen LogP contribution in [0.5, 0.6) is 0 Å². The molecule has 3 nitrogen and oxygen atoms in total. The zero-order chi connectivity index (χ0) is 11.5. The lowest BCUT2D eigenvalue weighted by atomic mass is 10.0. The van der Waals surface area contributed by atoms with Crippen molar-refractivity contribution in [1.29, 1.82) is 0 Å². The first kappa shape index (κ1) is 10.7. The van der Waals surface area contributed by atoms with Crippen LogP contribution in [0.15, 0.2) is 36.8 Å². The minimum absolute atomic E-state index is 0.309. The van der Waals surface area contributed by atoms with Gasteiger partial charge in [0.15, 0.2) is 0 Å². The summed E-state index contributed by atoms with van der Waals surface area (Å²) >= 11 is 0. The molecule has 1 unspecified atom stereocenters. The van der Waals surface area contributed by atoms with Gasteiger partial charge in [0, 0.05) is 11.8 Å². The Morgan fingerprint density at radius 3 is 2.81 bits per heavy atom. The van der Waals surface area contributed by atoms with Gasteiger partial charge in [-0.15, -0.1) is 0 Å². The minimum Gasteiger partial charge on any atom is -0.319 e. The molecule has 1 heterocycles. The van der Waals surface area contributed by atoms with Crippen LogP contribution in [0, 0.1) is 12.7 Å². The standard InChI is InChI=1S/C12H12FN3/c1-8-2-3-10(13)9(6-8)12(14)11-4-5-15-7-16-11/h2-7,12H,14H2,1H3. The summed E-state index contributed by atoms with van der Waals surface area (Å²) in [5.74, 6) is -0.309. The van der Waals surface area contributed by atoms with E-state index in [-0.39, 0.29) is 5.82 Å². The van der Waals surface area contributed by atoms with E-state index in [0.29, 0.717) is 11.3 Å². The van der Waals surface area contributed by atoms with Crippen molar-refractivity contribution < 1.29 is 4.39 Å². The number of nitrogens with zero attached hydrogens (tertiary/aromatic N) is 2. The molecule has 4 heteroatoms. The lowest BCUT2D eigenvalue weighted by Gasteiger charge is -2.12. The second-order valence-electron chi connectivity index (χ2n) is 3.64. The molecule has 0 fully saturated rings. The first-order valence-electron chi connectivity index (χ1n) is 4.96. The predicted octanol–water partition coefficient (Wildman–Crippen LogP) is 1.97. The van der Waals surface area contributed by atoms with Gasteiger partial charge < -0.3 is 5.73 Å². The molecule has 2 rings (SSSR count). The molecule has 1 atom stereocenters. The Morgan fingerprint density at radius 2 is 2.12 bits per heavy atom. The quantitative estimate of drug-likeness (QED) is 0.836. The molecule has 2 aromatic rings. The predicted molar refractivity (Wildman–Crippen MR) is 59.2 cm³/mol. The third-order valence-electron chi connectivity index (χ3n) is 2.41. The van der Waals surface area contributed by atoms with E-state index in [1.54, 1.807) is 24.4 Å². The Kier molecular flexibility index (Phi) is 2.92. The van der Waals surface area contributed by atoms with Crippen LogP contribution in [0.2, 0.25) is 0 Å². The summed E-state index contributed by atoms with van der Waals surface area (Å²) in [7, 11) is 0. The van der Waals surface area contributed by atoms with E-state index >= 15 is 0 Å². The highest BCUT2D eigenvalue weighted by Crippen LogP contribution is 2.21. The van der Waals surface area contributed by atoms with Crippen LogP contribution in [0.3, 0.4) is 0 Å². The number of benzene rings is 1. The fraction of sp³-hybridized carbons (Fsp3) is 0.167. The Morgan fingerprint density at radius 1 is 1.31 bits per heavy atom. The first-order valence-corrected chi connectivity index (χ1v) is 4.96. The molecule has 0 aliphatic heterocycles. The van der Waals surface area contributed by atoms with Crippen molar-refractivity contribution in [3.8, 4) is 0 Å². The summed E-state index contributed by atoms with van der Waals surface area (Å²) in [4.78, 5) is 7.82. The van der Waals surface area contributed by atoms with Crippen LogP contribution >= 0.6 is 0 Å². The number of hydrogen-bond donors (Lipinski definition) is 1. The Balaban J connectivity index is 2.41. The molecule has 1 aromatic carbocycles. The van der Waals surface area contributed by atoms with Crippen molar-refractivity contribution in [1.82, 2.24) is 9.97 Å². The minimum atomic E-state index is -0.553. The van der Waals surface area contributed by atoms with Gasteiger partial charge in [-0.3, -0.25) is 0 Å². The average Bonchev–Trinajstić information content (AvgIpc) is 2.32. The van der Waals surface area contributed by atoms with Crippen molar-refractivity contribution >= 4 is 0 Å². The van der Waals surface area contributed by atoms with Crippen molar-refractivity contribution in [3.63, 3.8) is 0 Å². The fourth-order valence-electron chi connectivity index (χ4n) is 1.55. The van der Waals surface area contributed by atoms with E-state index in [9.17, 15) is 4.39 Å². The van der Waals surface area contributed by atoms with Crippen molar-refractivity contribution in [2.45, 2.75) is 13.0 Å². The molecule has 16 heavy (non-hydrogen) atoms. The highest BCUT2D eigenvalue weighted by atomic mass is 19.1. The molecule has 0 spiro atoms. The summed E-state index contributed by atoms with van der Waals surface area (Å²) in [5, 5.41) is 0. The van der Waals surface area contributed by atoms with E-state index in [0.717, 1.165) is 5.56 Å². The molecular weight excluding hydrogens is 205 g/mol. The van der Waals surface area contributed by atoms with Gasteiger partial charge in [0.2, 0.25) is 0 Å². The van der Waals surface area contributed by atoms with E-state index in [1.807, 2.05) is 6.92 Å². The Hall–Kier alpha value is -1.81. The summed E-state index contributed by atoms with van der Waals surface area (Å²) in [6, 6.07) is 6.01. The zero-order valence-corrected chi connectivity index (χ0v) is 8.89. The second kappa shape index (κ2) is 4.37. The van der Waals surface area contributed by atoms with Crippen LogP contribution in [0.25, 0.3) is 0 Å². The largest absolute Gasteiger partial charge is 0.319 e. The molecule has 0 amide bonds. The lowest BCUT2D eigenvalue weighted by Crippen LogP contribution is -2.15. The monoisotopic (exact) mass is 217 g/mol. The molecule has 0 bridgehead atoms. The highest BCUT2D eigenvalue weighted by molar-refractivity contribution is 5.31. The molecule has 0 saturated carbocycles. The van der Waals surface area contributed by atoms with Gasteiger partial charge in [0.05, 0.1) is 11.7 Å². The van der Waals surface area contributed by atoms with Crippen LogP contribution in [0.4, 0.5) is 4.39 Å². The van der Waals surface area contributed by atoms with Crippen LogP contribution in [-0.4, -0.2) is 9.97 Å². The lowest BCUT2D eigenvalue weighted by molar-refractivity contribution is 0.596. The van der Waals surface area contributed by atoms with E-state index in [2.05, 4.69) is 9.97 Å². The number of aromatic nitrogens is 2. The Bertz CT molecular complexity index is 485. The summed E-state index contributed by atoms with van der Waals surface area (Å²) in [6.45, 7) is 1.90. The molecule has 0 aliphatic carbocycles. The topological polar surface area (TPSA) is 51.8 Å². The molecule has 0 radical (unpaired) electrons. The van der Waals surface area contributed by atoms with Gasteiger partial charge in [0.25, 0.3) is 0 Å². The average molecular weight is 217 g/mol. The fourth-order valence-corrected chi connectivity index (χ4v) is 1.55. The van der Waals surface area contributed by atoms with Gasteiger partial charge in [-0.25, -0.2) is 14.4 Å². The normalized spacial score (nSPS) is 12.4. The van der Waals surface area contributed by atoms with Gasteiger partial charge >= 0.3 is 0 Å². The van der Waals surface area contributed by atoms with Gasteiger partial charge in [-0.1, -0.05) is 17.7 Å². The van der Waals surface area contributed by atoms with Crippen LogP contribution < -0.4 is 5.73 Å². The molecular formula is C12H12FN3. The molecule has 0 aliphatic rings. The van der Waals surface area contributed by atoms with Crippen LogP contribution in [0.1, 0.15) is 22.9 Å². The number of hydrogen-bond acceptors (Lipinski definition) is 3. The molecule has 82 valence electrons. The number of rotatable bonds is 2. The van der Waals surface area contributed by atoms with Gasteiger partial charge in [0.1, 0.15) is 12.1 Å². The van der Waals surface area contributed by atoms with E-state index < -0.39 is 6.04 Å². The number of halogens is 1. The summed E-state index contributed by atoms with van der Waals surface area (Å²) in [6.07, 6.45) is 3.00. The summed E-state index contributed by atoms with van der Waals surface area (Å²) in [5.41, 5.74) is 8.00. The summed E-state index contributed by atoms with van der Waals surface area (Å²) < 4.78 is 13.6. The van der Waals surface area contributed by atoms with Crippen molar-refractivity contribution in [2.75, 3.05) is 0 Å². The molecule has 2 N–H and O–H groups in total. The van der Waals surface area contributed by atoms with Crippen LogP contribution in [-0.2, 0) is 0 Å². The SMILES string of the molecule is Cc1ccc(F)c(C(N)c2ccncn2)c1. The maximum Gasteiger partial charge on any atom is 0.128 e. The number of nitrogens with two attached hydrogens (primary N) is 1.